The fourth-order valence-electron chi connectivity index (χ4n) is 3.89. The van der Waals surface area contributed by atoms with E-state index < -0.39 is 0 Å². The largest absolute Gasteiger partial charge is 0.496 e. The van der Waals surface area contributed by atoms with E-state index >= 15 is 0 Å². The first-order chi connectivity index (χ1) is 15.2. The van der Waals surface area contributed by atoms with Crippen molar-refractivity contribution in [3.63, 3.8) is 0 Å². The van der Waals surface area contributed by atoms with E-state index in [-0.39, 0.29) is 5.91 Å². The summed E-state index contributed by atoms with van der Waals surface area (Å²) in [5.41, 5.74) is 4.91. The Balaban J connectivity index is 1.53. The average Bonchev–Trinajstić information content (AvgIpc) is 3.27. The summed E-state index contributed by atoms with van der Waals surface area (Å²) in [5.74, 6) is 0.786. The van der Waals surface area contributed by atoms with Gasteiger partial charge in [0.2, 0.25) is 0 Å². The Morgan fingerprint density at radius 1 is 1.06 bits per heavy atom. The molecule has 7 nitrogen and oxygen atoms in total. The molecule has 0 saturated carbocycles. The lowest BCUT2D eigenvalue weighted by Crippen LogP contribution is -2.40. The fourth-order valence-corrected chi connectivity index (χ4v) is 3.89. The fraction of sp³-hybridized carbons (Fsp3) is 0.208. The Morgan fingerprint density at radius 3 is 2.74 bits per heavy atom. The van der Waals surface area contributed by atoms with Gasteiger partial charge in [0, 0.05) is 41.4 Å². The number of amides is 1. The SMILES string of the molecule is COc1ccccc1-c1[nH]nc2ncc(-c3cccc(C(=O)N4CCOCC4)c3)cc12. The zero-order chi connectivity index (χ0) is 21.2. The quantitative estimate of drug-likeness (QED) is 0.550. The van der Waals surface area contributed by atoms with Crippen molar-refractivity contribution in [3.8, 4) is 28.1 Å². The Morgan fingerprint density at radius 2 is 1.90 bits per heavy atom. The molecular formula is C24H22N4O3. The molecule has 0 spiro atoms. The Kier molecular flexibility index (Phi) is 5.09. The summed E-state index contributed by atoms with van der Waals surface area (Å²) in [6, 6.07) is 17.5. The molecule has 1 amide bonds. The van der Waals surface area contributed by atoms with Gasteiger partial charge in [-0.25, -0.2) is 4.98 Å². The second kappa shape index (κ2) is 8.20. The number of fused-ring (bicyclic) bond motifs is 1. The summed E-state index contributed by atoms with van der Waals surface area (Å²) in [5, 5.41) is 8.33. The lowest BCUT2D eigenvalue weighted by Gasteiger charge is -2.27. The van der Waals surface area contributed by atoms with Crippen molar-refractivity contribution < 1.29 is 14.3 Å². The summed E-state index contributed by atoms with van der Waals surface area (Å²) in [6.45, 7) is 2.40. The second-order valence-electron chi connectivity index (χ2n) is 7.38. The standard InChI is InChI=1S/C24H22N4O3/c1-30-21-8-3-2-7-19(21)22-20-14-18(15-25-23(20)27-26-22)16-5-4-6-17(13-16)24(29)28-9-11-31-12-10-28/h2-8,13-15H,9-12H2,1H3,(H,25,26,27). The maximum atomic E-state index is 12.9. The highest BCUT2D eigenvalue weighted by atomic mass is 16.5. The minimum absolute atomic E-state index is 0.0252. The predicted molar refractivity (Wildman–Crippen MR) is 118 cm³/mol. The van der Waals surface area contributed by atoms with Gasteiger partial charge in [0.05, 0.1) is 26.0 Å². The highest BCUT2D eigenvalue weighted by Gasteiger charge is 2.19. The van der Waals surface area contributed by atoms with E-state index in [2.05, 4.69) is 15.2 Å². The third-order valence-corrected chi connectivity index (χ3v) is 5.53. The van der Waals surface area contributed by atoms with Gasteiger partial charge in [-0.3, -0.25) is 9.89 Å². The molecule has 0 bridgehead atoms. The van der Waals surface area contributed by atoms with Crippen LogP contribution in [0, 0.1) is 0 Å². The maximum absolute atomic E-state index is 12.9. The molecule has 1 aliphatic heterocycles. The first kappa shape index (κ1) is 19.3. The molecule has 2 aromatic carbocycles. The van der Waals surface area contributed by atoms with Gasteiger partial charge in [0.1, 0.15) is 5.75 Å². The van der Waals surface area contributed by atoms with Crippen LogP contribution in [-0.4, -0.2) is 59.4 Å². The van der Waals surface area contributed by atoms with E-state index in [0.717, 1.165) is 33.5 Å². The second-order valence-corrected chi connectivity index (χ2v) is 7.38. The molecule has 3 heterocycles. The molecular weight excluding hydrogens is 392 g/mol. The molecule has 1 fully saturated rings. The number of benzene rings is 2. The highest BCUT2D eigenvalue weighted by molar-refractivity contribution is 5.97. The summed E-state index contributed by atoms with van der Waals surface area (Å²) >= 11 is 0. The number of pyridine rings is 1. The molecule has 4 aromatic rings. The van der Waals surface area contributed by atoms with Crippen LogP contribution in [0.15, 0.2) is 60.8 Å². The number of morpholine rings is 1. The zero-order valence-electron chi connectivity index (χ0n) is 17.2. The number of para-hydroxylation sites is 1. The Hall–Kier alpha value is -3.71. The van der Waals surface area contributed by atoms with Gasteiger partial charge < -0.3 is 14.4 Å². The van der Waals surface area contributed by atoms with Crippen molar-refractivity contribution in [1.82, 2.24) is 20.1 Å². The van der Waals surface area contributed by atoms with Crippen molar-refractivity contribution in [2.45, 2.75) is 0 Å². The molecule has 5 rings (SSSR count). The van der Waals surface area contributed by atoms with Crippen molar-refractivity contribution in [2.24, 2.45) is 0 Å². The molecule has 0 radical (unpaired) electrons. The average molecular weight is 414 g/mol. The van der Waals surface area contributed by atoms with E-state index in [1.54, 1.807) is 13.3 Å². The van der Waals surface area contributed by atoms with Gasteiger partial charge in [-0.05, 0) is 35.9 Å². The van der Waals surface area contributed by atoms with Crippen LogP contribution >= 0.6 is 0 Å². The van der Waals surface area contributed by atoms with E-state index in [0.29, 0.717) is 37.5 Å². The van der Waals surface area contributed by atoms with Gasteiger partial charge in [-0.2, -0.15) is 5.10 Å². The molecule has 0 aliphatic carbocycles. The van der Waals surface area contributed by atoms with Crippen LogP contribution in [0.25, 0.3) is 33.4 Å². The van der Waals surface area contributed by atoms with Crippen LogP contribution in [0.5, 0.6) is 5.75 Å². The maximum Gasteiger partial charge on any atom is 0.254 e. The van der Waals surface area contributed by atoms with E-state index in [1.165, 1.54) is 0 Å². The number of nitrogens with zero attached hydrogens (tertiary/aromatic N) is 3. The number of carbonyl (C=O) groups is 1. The minimum atomic E-state index is 0.0252. The molecule has 31 heavy (non-hydrogen) atoms. The van der Waals surface area contributed by atoms with Crippen molar-refractivity contribution in [2.75, 3.05) is 33.4 Å². The number of ether oxygens (including phenoxy) is 2. The van der Waals surface area contributed by atoms with Crippen molar-refractivity contribution in [1.29, 1.82) is 0 Å². The molecule has 7 heteroatoms. The molecule has 1 saturated heterocycles. The molecule has 1 aliphatic rings. The third kappa shape index (κ3) is 3.64. The smallest absolute Gasteiger partial charge is 0.254 e. The van der Waals surface area contributed by atoms with Gasteiger partial charge in [-0.1, -0.05) is 24.3 Å². The predicted octanol–water partition coefficient (Wildman–Crippen LogP) is 3.77. The summed E-state index contributed by atoms with van der Waals surface area (Å²) in [4.78, 5) is 19.3. The number of rotatable bonds is 4. The van der Waals surface area contributed by atoms with E-state index in [4.69, 9.17) is 9.47 Å². The normalized spacial score (nSPS) is 14.0. The zero-order valence-corrected chi connectivity index (χ0v) is 17.2. The Labute approximate surface area is 179 Å². The first-order valence-electron chi connectivity index (χ1n) is 10.2. The topological polar surface area (TPSA) is 80.3 Å². The minimum Gasteiger partial charge on any atom is -0.496 e. The van der Waals surface area contributed by atoms with Gasteiger partial charge in [0.25, 0.3) is 5.91 Å². The van der Waals surface area contributed by atoms with Crippen LogP contribution in [0.2, 0.25) is 0 Å². The third-order valence-electron chi connectivity index (χ3n) is 5.53. The molecule has 0 atom stereocenters. The van der Waals surface area contributed by atoms with Crippen LogP contribution in [0.3, 0.4) is 0 Å². The van der Waals surface area contributed by atoms with Gasteiger partial charge in [0.15, 0.2) is 5.65 Å². The highest BCUT2D eigenvalue weighted by Crippen LogP contribution is 2.34. The summed E-state index contributed by atoms with van der Waals surface area (Å²) in [6.07, 6.45) is 1.79. The monoisotopic (exact) mass is 414 g/mol. The van der Waals surface area contributed by atoms with Crippen LogP contribution in [-0.2, 0) is 4.74 Å². The molecule has 1 N–H and O–H groups in total. The van der Waals surface area contributed by atoms with Crippen LogP contribution in [0.4, 0.5) is 0 Å². The molecule has 2 aromatic heterocycles. The number of aromatic amines is 1. The molecule has 0 unspecified atom stereocenters. The van der Waals surface area contributed by atoms with Crippen molar-refractivity contribution >= 4 is 16.9 Å². The lowest BCUT2D eigenvalue weighted by atomic mass is 10.0. The number of aromatic nitrogens is 3. The number of carbonyl (C=O) groups excluding carboxylic acids is 1. The number of hydrogen-bond donors (Lipinski definition) is 1. The number of methoxy groups -OCH3 is 1. The van der Waals surface area contributed by atoms with Crippen molar-refractivity contribution in [3.05, 3.63) is 66.4 Å². The van der Waals surface area contributed by atoms with Gasteiger partial charge >= 0.3 is 0 Å². The van der Waals surface area contributed by atoms with Crippen LogP contribution < -0.4 is 4.74 Å². The molecule has 156 valence electrons. The summed E-state index contributed by atoms with van der Waals surface area (Å²) in [7, 11) is 1.65. The first-order valence-corrected chi connectivity index (χ1v) is 10.2. The van der Waals surface area contributed by atoms with Gasteiger partial charge in [-0.15, -0.1) is 0 Å². The summed E-state index contributed by atoms with van der Waals surface area (Å²) < 4.78 is 10.9. The van der Waals surface area contributed by atoms with E-state index in [9.17, 15) is 4.79 Å². The number of H-pyrrole nitrogens is 1. The van der Waals surface area contributed by atoms with E-state index in [1.807, 2.05) is 59.5 Å². The number of hydrogen-bond acceptors (Lipinski definition) is 5. The number of nitrogens with one attached hydrogen (secondary N) is 1. The Bertz CT molecular complexity index is 1240. The van der Waals surface area contributed by atoms with Crippen LogP contribution in [0.1, 0.15) is 10.4 Å². The lowest BCUT2D eigenvalue weighted by molar-refractivity contribution is 0.0303.